The van der Waals surface area contributed by atoms with E-state index in [0.717, 1.165) is 11.3 Å². The number of aliphatic hydroxyl groups is 3. The Kier molecular flexibility index (Phi) is 5.22. The van der Waals surface area contributed by atoms with Crippen LogP contribution in [0.5, 0.6) is 5.75 Å². The Morgan fingerprint density at radius 3 is 2.43 bits per heavy atom. The molecule has 1 heterocycles. The number of rotatable bonds is 5. The van der Waals surface area contributed by atoms with E-state index in [2.05, 4.69) is 0 Å². The molecule has 0 bridgehead atoms. The third-order valence-corrected chi connectivity index (χ3v) is 4.32. The summed E-state index contributed by atoms with van der Waals surface area (Å²) >= 11 is 0. The van der Waals surface area contributed by atoms with E-state index in [1.54, 1.807) is 7.11 Å². The second kappa shape index (κ2) is 6.75. The van der Waals surface area contributed by atoms with Crippen LogP contribution in [-0.4, -0.2) is 58.2 Å². The molecule has 118 valence electrons. The van der Waals surface area contributed by atoms with Crippen molar-refractivity contribution in [3.63, 3.8) is 0 Å². The first-order chi connectivity index (χ1) is 10.0. The van der Waals surface area contributed by atoms with Gasteiger partial charge in [0, 0.05) is 18.2 Å². The normalized spacial score (nSPS) is 30.0. The summed E-state index contributed by atoms with van der Waals surface area (Å²) < 4.78 is 5.36. The summed E-state index contributed by atoms with van der Waals surface area (Å²) in [4.78, 5) is 1.98. The summed E-state index contributed by atoms with van der Waals surface area (Å²) in [6.07, 6.45) is -1.78. The second-order valence-electron chi connectivity index (χ2n) is 5.95. The third-order valence-electron chi connectivity index (χ3n) is 4.32. The van der Waals surface area contributed by atoms with Gasteiger partial charge in [-0.05, 0) is 12.0 Å². The van der Waals surface area contributed by atoms with Gasteiger partial charge >= 0.3 is 0 Å². The van der Waals surface area contributed by atoms with E-state index in [-0.39, 0.29) is 18.6 Å². The third kappa shape index (κ3) is 3.06. The summed E-state index contributed by atoms with van der Waals surface area (Å²) in [7, 11) is 1.62. The molecule has 1 aromatic carbocycles. The molecular weight excluding hydrogens is 270 g/mol. The van der Waals surface area contributed by atoms with Gasteiger partial charge in [0.15, 0.2) is 0 Å². The predicted octanol–water partition coefficient (Wildman–Crippen LogP) is 0.618. The van der Waals surface area contributed by atoms with Crippen molar-refractivity contribution < 1.29 is 20.1 Å². The minimum Gasteiger partial charge on any atom is -0.496 e. The maximum absolute atomic E-state index is 10.3. The van der Waals surface area contributed by atoms with Crippen LogP contribution in [0.3, 0.4) is 0 Å². The van der Waals surface area contributed by atoms with Crippen LogP contribution in [0.1, 0.15) is 19.4 Å². The fourth-order valence-corrected chi connectivity index (χ4v) is 3.29. The average Bonchev–Trinajstić information content (AvgIpc) is 2.70. The lowest BCUT2D eigenvalue weighted by Gasteiger charge is -2.32. The lowest BCUT2D eigenvalue weighted by atomic mass is 9.98. The monoisotopic (exact) mass is 295 g/mol. The van der Waals surface area contributed by atoms with Gasteiger partial charge in [-0.15, -0.1) is 0 Å². The van der Waals surface area contributed by atoms with Crippen LogP contribution in [0.15, 0.2) is 24.3 Å². The molecule has 0 amide bonds. The van der Waals surface area contributed by atoms with Gasteiger partial charge in [-0.25, -0.2) is 0 Å². The maximum atomic E-state index is 10.3. The van der Waals surface area contributed by atoms with Crippen LogP contribution in [0.4, 0.5) is 0 Å². The standard InChI is InChI=1S/C16H25NO4/c1-10(2)14-16(20)15(19)12(9-18)17(14)8-11-6-4-5-7-13(11)21-3/h4-7,10,12,14-16,18-20H,8-9H2,1-3H3/t12-,14+,15-,16+/m1/s1. The van der Waals surface area contributed by atoms with E-state index >= 15 is 0 Å². The van der Waals surface area contributed by atoms with Crippen LogP contribution in [-0.2, 0) is 6.54 Å². The molecule has 5 heteroatoms. The highest BCUT2D eigenvalue weighted by atomic mass is 16.5. The zero-order valence-corrected chi connectivity index (χ0v) is 12.8. The van der Waals surface area contributed by atoms with Gasteiger partial charge in [-0.3, -0.25) is 4.90 Å². The number of methoxy groups -OCH3 is 1. The van der Waals surface area contributed by atoms with Crippen molar-refractivity contribution >= 4 is 0 Å². The molecule has 21 heavy (non-hydrogen) atoms. The van der Waals surface area contributed by atoms with Crippen LogP contribution in [0.25, 0.3) is 0 Å². The number of nitrogens with zero attached hydrogens (tertiary/aromatic N) is 1. The fourth-order valence-electron chi connectivity index (χ4n) is 3.29. The van der Waals surface area contributed by atoms with Crippen molar-refractivity contribution in [3.05, 3.63) is 29.8 Å². The summed E-state index contributed by atoms with van der Waals surface area (Å²) in [5.74, 6) is 0.938. The molecule has 0 radical (unpaired) electrons. The molecule has 0 aromatic heterocycles. The summed E-state index contributed by atoms with van der Waals surface area (Å²) in [6.45, 7) is 4.36. The molecular formula is C16H25NO4. The van der Waals surface area contributed by atoms with Crippen molar-refractivity contribution in [2.24, 2.45) is 5.92 Å². The molecule has 1 aliphatic heterocycles. The highest BCUT2D eigenvalue weighted by Gasteiger charge is 2.48. The van der Waals surface area contributed by atoms with Crippen molar-refractivity contribution in [1.82, 2.24) is 4.90 Å². The molecule has 0 unspecified atom stereocenters. The van der Waals surface area contributed by atoms with E-state index in [9.17, 15) is 15.3 Å². The van der Waals surface area contributed by atoms with Gasteiger partial charge in [0.05, 0.1) is 32.0 Å². The van der Waals surface area contributed by atoms with E-state index in [0.29, 0.717) is 6.54 Å². The van der Waals surface area contributed by atoms with Gasteiger partial charge in [-0.2, -0.15) is 0 Å². The Morgan fingerprint density at radius 1 is 1.19 bits per heavy atom. The van der Waals surface area contributed by atoms with Gasteiger partial charge in [-0.1, -0.05) is 32.0 Å². The van der Waals surface area contributed by atoms with Gasteiger partial charge in [0.25, 0.3) is 0 Å². The minimum atomic E-state index is -0.933. The molecule has 1 saturated heterocycles. The first-order valence-electron chi connectivity index (χ1n) is 7.35. The predicted molar refractivity (Wildman–Crippen MR) is 80.1 cm³/mol. The van der Waals surface area contributed by atoms with Crippen LogP contribution in [0.2, 0.25) is 0 Å². The Bertz CT molecular complexity index is 465. The molecule has 1 fully saturated rings. The van der Waals surface area contributed by atoms with Crippen LogP contribution >= 0.6 is 0 Å². The van der Waals surface area contributed by atoms with Crippen molar-refractivity contribution in [3.8, 4) is 5.75 Å². The van der Waals surface area contributed by atoms with Gasteiger partial charge in [0.2, 0.25) is 0 Å². The second-order valence-corrected chi connectivity index (χ2v) is 5.95. The Morgan fingerprint density at radius 2 is 1.86 bits per heavy atom. The maximum Gasteiger partial charge on any atom is 0.123 e. The fraction of sp³-hybridized carbons (Fsp3) is 0.625. The molecule has 0 aliphatic carbocycles. The van der Waals surface area contributed by atoms with Gasteiger partial charge < -0.3 is 20.1 Å². The lowest BCUT2D eigenvalue weighted by Crippen LogP contribution is -2.43. The zero-order chi connectivity index (χ0) is 15.6. The SMILES string of the molecule is COc1ccccc1CN1[C@H](CO)[C@@H](O)[C@@H](O)[C@@H]1C(C)C. The van der Waals surface area contributed by atoms with Crippen LogP contribution < -0.4 is 4.74 Å². The van der Waals surface area contributed by atoms with Crippen molar-refractivity contribution in [2.75, 3.05) is 13.7 Å². The lowest BCUT2D eigenvalue weighted by molar-refractivity contribution is 0.0145. The van der Waals surface area contributed by atoms with E-state index in [4.69, 9.17) is 4.74 Å². The molecule has 4 atom stereocenters. The first-order valence-corrected chi connectivity index (χ1v) is 7.35. The molecule has 3 N–H and O–H groups in total. The average molecular weight is 295 g/mol. The largest absolute Gasteiger partial charge is 0.496 e. The Hall–Kier alpha value is -1.14. The smallest absolute Gasteiger partial charge is 0.123 e. The first kappa shape index (κ1) is 16.2. The molecule has 5 nitrogen and oxygen atoms in total. The highest BCUT2D eigenvalue weighted by Crippen LogP contribution is 2.33. The van der Waals surface area contributed by atoms with Crippen molar-refractivity contribution in [2.45, 2.75) is 44.7 Å². The van der Waals surface area contributed by atoms with Crippen molar-refractivity contribution in [1.29, 1.82) is 0 Å². The molecule has 1 aromatic rings. The molecule has 2 rings (SSSR count). The number of aliphatic hydroxyl groups excluding tert-OH is 3. The van der Waals surface area contributed by atoms with Gasteiger partial charge in [0.1, 0.15) is 5.75 Å². The number of para-hydroxylation sites is 1. The quantitative estimate of drug-likeness (QED) is 0.742. The number of hydrogen-bond acceptors (Lipinski definition) is 5. The van der Waals surface area contributed by atoms with E-state index < -0.39 is 18.2 Å². The summed E-state index contributed by atoms with van der Waals surface area (Å²) in [5.41, 5.74) is 0.977. The number of likely N-dealkylation sites (tertiary alicyclic amines) is 1. The highest BCUT2D eigenvalue weighted by molar-refractivity contribution is 5.33. The molecule has 0 saturated carbocycles. The minimum absolute atomic E-state index is 0.168. The Labute approximate surface area is 125 Å². The topological polar surface area (TPSA) is 73.2 Å². The van der Waals surface area contributed by atoms with E-state index in [1.165, 1.54) is 0 Å². The molecule has 0 spiro atoms. The van der Waals surface area contributed by atoms with Crippen LogP contribution in [0, 0.1) is 5.92 Å². The summed E-state index contributed by atoms with van der Waals surface area (Å²) in [5, 5.41) is 30.0. The molecule has 1 aliphatic rings. The zero-order valence-electron chi connectivity index (χ0n) is 12.8. The number of ether oxygens (including phenoxy) is 1. The Balaban J connectivity index is 2.30. The summed E-state index contributed by atoms with van der Waals surface area (Å²) in [6, 6.07) is 7.02. The number of hydrogen-bond donors (Lipinski definition) is 3. The van der Waals surface area contributed by atoms with E-state index in [1.807, 2.05) is 43.0 Å². The number of benzene rings is 1.